The van der Waals surface area contributed by atoms with Crippen LogP contribution >= 0.6 is 0 Å². The maximum absolute atomic E-state index is 10.9. The Morgan fingerprint density at radius 2 is 2.20 bits per heavy atom. The standard InChI is InChI=1S/C8H12N2O3.Na.H2O/c1-5(3-6(2)11)9-7-4-13-10-8(7)12;;/h3,7H,4H2,1-2H3,(H2,9,10,11,12);;1H2/q;+1;/p-1/t7-;;/m1../s1. The number of amides is 1. The molecule has 1 amide bonds. The summed E-state index contributed by atoms with van der Waals surface area (Å²) < 4.78 is 0. The fraction of sp³-hybridized carbons (Fsp3) is 0.500. The van der Waals surface area contributed by atoms with Gasteiger partial charge in [-0.1, -0.05) is 0 Å². The van der Waals surface area contributed by atoms with Crippen LogP contribution < -0.4 is 34.9 Å². The summed E-state index contributed by atoms with van der Waals surface area (Å²) >= 11 is 0. The monoisotopic (exact) mass is 224 g/mol. The molecule has 7 heteroatoms. The van der Waals surface area contributed by atoms with E-state index in [1.165, 1.54) is 13.0 Å². The largest absolute Gasteiger partial charge is 1.00 e. The van der Waals surface area contributed by atoms with Gasteiger partial charge in [0.15, 0.2) is 5.78 Å². The third-order valence-electron chi connectivity index (χ3n) is 1.52. The van der Waals surface area contributed by atoms with Gasteiger partial charge in [0.2, 0.25) is 0 Å². The first kappa shape index (κ1) is 17.0. The van der Waals surface area contributed by atoms with Gasteiger partial charge < -0.3 is 25.9 Å². The predicted molar refractivity (Wildman–Crippen MR) is 49.3 cm³/mol. The minimum absolute atomic E-state index is 0. The van der Waals surface area contributed by atoms with Crippen molar-refractivity contribution in [2.24, 2.45) is 0 Å². The summed E-state index contributed by atoms with van der Waals surface area (Å²) in [5, 5.41) is 2.83. The minimum Gasteiger partial charge on any atom is -0.529 e. The number of carbonyl (C=O) groups excluding carboxylic acids is 2. The SMILES string of the molecule is CC(=O)C=C(C)N[C@@H]1CO[N-]C1=O.O.[Na+]. The summed E-state index contributed by atoms with van der Waals surface area (Å²) in [4.78, 5) is 26.2. The number of hydrogen-bond acceptors (Lipinski definition) is 4. The molecule has 80 valence electrons. The normalized spacial score (nSPS) is 19.7. The van der Waals surface area contributed by atoms with E-state index in [9.17, 15) is 9.59 Å². The maximum Gasteiger partial charge on any atom is 1.00 e. The van der Waals surface area contributed by atoms with Crippen molar-refractivity contribution in [3.63, 3.8) is 0 Å². The van der Waals surface area contributed by atoms with Gasteiger partial charge in [-0.05, 0) is 19.9 Å². The maximum atomic E-state index is 10.9. The van der Waals surface area contributed by atoms with Crippen molar-refractivity contribution in [2.75, 3.05) is 6.61 Å². The van der Waals surface area contributed by atoms with Crippen molar-refractivity contribution >= 4 is 11.7 Å². The molecule has 3 N–H and O–H groups in total. The zero-order chi connectivity index (χ0) is 9.84. The second kappa shape index (κ2) is 7.84. The summed E-state index contributed by atoms with van der Waals surface area (Å²) in [6.07, 6.45) is 1.42. The van der Waals surface area contributed by atoms with Gasteiger partial charge in [0.05, 0.1) is 18.6 Å². The number of rotatable bonds is 3. The quantitative estimate of drug-likeness (QED) is 0.396. The first-order chi connectivity index (χ1) is 6.09. The van der Waals surface area contributed by atoms with Gasteiger partial charge in [0.1, 0.15) is 0 Å². The Labute approximate surface area is 110 Å². The Balaban J connectivity index is 0. The van der Waals surface area contributed by atoms with Crippen molar-refractivity contribution in [3.8, 4) is 0 Å². The van der Waals surface area contributed by atoms with E-state index in [2.05, 4.69) is 15.6 Å². The van der Waals surface area contributed by atoms with Crippen molar-refractivity contribution in [1.82, 2.24) is 5.32 Å². The van der Waals surface area contributed by atoms with Crippen LogP contribution in [0.5, 0.6) is 0 Å². The molecule has 1 aliphatic heterocycles. The first-order valence-electron chi connectivity index (χ1n) is 3.92. The first-order valence-corrected chi connectivity index (χ1v) is 3.92. The number of nitrogens with zero attached hydrogens (tertiary/aromatic N) is 1. The van der Waals surface area contributed by atoms with Gasteiger partial charge in [0, 0.05) is 5.70 Å². The zero-order valence-corrected chi connectivity index (χ0v) is 11.0. The van der Waals surface area contributed by atoms with Gasteiger partial charge >= 0.3 is 29.6 Å². The molecule has 1 heterocycles. The third-order valence-corrected chi connectivity index (χ3v) is 1.52. The van der Waals surface area contributed by atoms with E-state index >= 15 is 0 Å². The molecule has 1 rings (SSSR count). The molecule has 6 nitrogen and oxygen atoms in total. The molecule has 0 aromatic carbocycles. The molecule has 0 unspecified atom stereocenters. The van der Waals surface area contributed by atoms with Gasteiger partial charge in [-0.2, -0.15) is 0 Å². The van der Waals surface area contributed by atoms with E-state index in [-0.39, 0.29) is 53.3 Å². The summed E-state index contributed by atoms with van der Waals surface area (Å²) in [7, 11) is 0. The zero-order valence-electron chi connectivity index (χ0n) is 9.03. The van der Waals surface area contributed by atoms with Gasteiger partial charge in [-0.3, -0.25) is 4.79 Å². The van der Waals surface area contributed by atoms with E-state index in [1.807, 2.05) is 0 Å². The molecule has 1 fully saturated rings. The van der Waals surface area contributed by atoms with Crippen LogP contribution in [0.25, 0.3) is 5.48 Å². The van der Waals surface area contributed by atoms with Crippen LogP contribution in [-0.2, 0) is 14.4 Å². The van der Waals surface area contributed by atoms with Crippen LogP contribution in [0.4, 0.5) is 0 Å². The second-order valence-electron chi connectivity index (χ2n) is 2.86. The van der Waals surface area contributed by atoms with E-state index in [1.54, 1.807) is 6.92 Å². The minimum atomic E-state index is -0.449. The number of allylic oxidation sites excluding steroid dienone is 2. The molecule has 0 aromatic heterocycles. The molecule has 0 spiro atoms. The summed E-state index contributed by atoms with van der Waals surface area (Å²) in [5.74, 6) is -0.399. The fourth-order valence-electron chi connectivity index (χ4n) is 1.04. The molecule has 0 radical (unpaired) electrons. The third kappa shape index (κ3) is 5.91. The molecule has 0 aromatic rings. The van der Waals surface area contributed by atoms with Gasteiger partial charge in [0.25, 0.3) is 0 Å². The average molecular weight is 224 g/mol. The van der Waals surface area contributed by atoms with E-state index in [0.29, 0.717) is 5.70 Å². The number of nitrogens with one attached hydrogen (secondary N) is 1. The Kier molecular flexibility index (Phi) is 8.89. The molecule has 0 bridgehead atoms. The number of carbonyl (C=O) groups is 2. The Hall–Kier alpha value is -0.400. The molecule has 1 aliphatic rings. The van der Waals surface area contributed by atoms with E-state index in [0.717, 1.165) is 0 Å². The summed E-state index contributed by atoms with van der Waals surface area (Å²) in [5.41, 5.74) is 3.88. The van der Waals surface area contributed by atoms with Crippen molar-refractivity contribution in [1.29, 1.82) is 0 Å². The van der Waals surface area contributed by atoms with Crippen LogP contribution in [0.15, 0.2) is 11.8 Å². The average Bonchev–Trinajstić information content (AvgIpc) is 2.34. The number of hydroxylamine groups is 1. The second-order valence-corrected chi connectivity index (χ2v) is 2.86. The molecular formula is C8H13N2NaO4. The van der Waals surface area contributed by atoms with Crippen LogP contribution in [-0.4, -0.2) is 29.8 Å². The molecule has 0 saturated carbocycles. The van der Waals surface area contributed by atoms with E-state index < -0.39 is 6.04 Å². The molecule has 0 aliphatic carbocycles. The van der Waals surface area contributed by atoms with Gasteiger partial charge in [-0.25, -0.2) is 0 Å². The van der Waals surface area contributed by atoms with Crippen molar-refractivity contribution in [3.05, 3.63) is 17.3 Å². The van der Waals surface area contributed by atoms with Crippen LogP contribution in [0.1, 0.15) is 13.8 Å². The Morgan fingerprint density at radius 3 is 2.60 bits per heavy atom. The number of hydrogen-bond donors (Lipinski definition) is 1. The summed E-state index contributed by atoms with van der Waals surface area (Å²) in [6.45, 7) is 3.39. The molecule has 15 heavy (non-hydrogen) atoms. The van der Waals surface area contributed by atoms with Crippen molar-refractivity contribution < 1.29 is 49.5 Å². The molecule has 1 saturated heterocycles. The Bertz CT molecular complexity index is 267. The topological polar surface area (TPSA) is 101 Å². The summed E-state index contributed by atoms with van der Waals surface area (Å²) in [6, 6.07) is -0.449. The van der Waals surface area contributed by atoms with Crippen LogP contribution in [0, 0.1) is 0 Å². The van der Waals surface area contributed by atoms with Gasteiger partial charge in [-0.15, -0.1) is 0 Å². The van der Waals surface area contributed by atoms with Crippen LogP contribution in [0.3, 0.4) is 0 Å². The predicted octanol–water partition coefficient (Wildman–Crippen LogP) is -3.54. The fourth-order valence-corrected chi connectivity index (χ4v) is 1.04. The van der Waals surface area contributed by atoms with E-state index in [4.69, 9.17) is 0 Å². The molecule has 1 atom stereocenters. The Morgan fingerprint density at radius 1 is 1.60 bits per heavy atom. The molecular weight excluding hydrogens is 211 g/mol. The number of ketones is 1. The van der Waals surface area contributed by atoms with Crippen LogP contribution in [0.2, 0.25) is 0 Å². The van der Waals surface area contributed by atoms with Crippen molar-refractivity contribution in [2.45, 2.75) is 19.9 Å². The smallest absolute Gasteiger partial charge is 0.529 e.